The van der Waals surface area contributed by atoms with Crippen molar-refractivity contribution in [2.75, 3.05) is 0 Å². The molecule has 0 aromatic carbocycles. The van der Waals surface area contributed by atoms with Crippen molar-refractivity contribution in [1.29, 1.82) is 0 Å². The number of carbonyl (C=O) groups is 2. The van der Waals surface area contributed by atoms with Crippen LogP contribution in [0.2, 0.25) is 0 Å². The molecular weight excluding hydrogens is 151 g/mol. The van der Waals surface area contributed by atoms with E-state index in [1.165, 1.54) is 13.8 Å². The van der Waals surface area contributed by atoms with Gasteiger partial charge in [-0.3, -0.25) is 9.59 Å². The van der Waals surface area contributed by atoms with E-state index < -0.39 is 0 Å². The van der Waals surface area contributed by atoms with Crippen molar-refractivity contribution in [3.05, 3.63) is 0 Å². The molecule has 49 valence electrons. The molecule has 0 aliphatic rings. The van der Waals surface area contributed by atoms with Gasteiger partial charge in [0.2, 0.25) is 0 Å². The second kappa shape index (κ2) is 4.99. The average molecular weight is 159 g/mol. The van der Waals surface area contributed by atoms with Crippen LogP contribution < -0.4 is 0 Å². The monoisotopic (exact) mass is 159 g/mol. The van der Waals surface area contributed by atoms with Crippen molar-refractivity contribution >= 4 is 11.6 Å². The predicted molar refractivity (Wildman–Crippen MR) is 26.0 cm³/mol. The molecule has 3 heteroatoms. The normalized spacial score (nSPS) is 7.25. The maximum atomic E-state index is 10.0. The van der Waals surface area contributed by atoms with Gasteiger partial charge in [0.1, 0.15) is 11.6 Å². The number of Topliss-reactive ketones (excluding diaryl/α,β-unsaturated/α-hetero) is 2. The molecule has 0 saturated carbocycles. The molecule has 0 heterocycles. The van der Waals surface area contributed by atoms with Gasteiger partial charge in [-0.1, -0.05) is 0 Å². The Bertz CT molecular complexity index is 86.6. The van der Waals surface area contributed by atoms with E-state index >= 15 is 0 Å². The fourth-order valence-corrected chi connectivity index (χ4v) is 0.351. The molecule has 0 aromatic rings. The van der Waals surface area contributed by atoms with E-state index in [0.717, 1.165) is 0 Å². The Kier molecular flexibility index (Phi) is 6.72. The molecule has 1 radical (unpaired) electrons. The molecule has 0 fully saturated rings. The fourth-order valence-electron chi connectivity index (χ4n) is 0.351. The smallest absolute Gasteiger partial charge is 0.137 e. The van der Waals surface area contributed by atoms with E-state index in [4.69, 9.17) is 0 Å². The Hall–Kier alpha value is -0.154. The van der Waals surface area contributed by atoms with Crippen LogP contribution in [0, 0.1) is 0 Å². The van der Waals surface area contributed by atoms with Gasteiger partial charge >= 0.3 is 0 Å². The van der Waals surface area contributed by atoms with Gasteiger partial charge in [-0.25, -0.2) is 0 Å². The summed E-state index contributed by atoms with van der Waals surface area (Å²) in [6, 6.07) is 0. The zero-order valence-electron chi connectivity index (χ0n) is 4.86. The summed E-state index contributed by atoms with van der Waals surface area (Å²) in [7, 11) is 0. The minimum atomic E-state index is -0.0625. The van der Waals surface area contributed by atoms with E-state index in [1.54, 1.807) is 0 Å². The molecule has 0 bridgehead atoms. The Morgan fingerprint density at radius 1 is 1.12 bits per heavy atom. The van der Waals surface area contributed by atoms with Gasteiger partial charge in [0.25, 0.3) is 0 Å². The molecule has 0 rings (SSSR count). The molecule has 0 aliphatic carbocycles. The third-order valence-corrected chi connectivity index (χ3v) is 0.498. The van der Waals surface area contributed by atoms with Gasteiger partial charge < -0.3 is 0 Å². The molecule has 0 aromatic heterocycles. The fraction of sp³-hybridized carbons (Fsp3) is 0.600. The summed E-state index contributed by atoms with van der Waals surface area (Å²) in [6.07, 6.45) is 0.0833. The van der Waals surface area contributed by atoms with Crippen molar-refractivity contribution in [2.24, 2.45) is 0 Å². The summed E-state index contributed by atoms with van der Waals surface area (Å²) in [5, 5.41) is 0. The zero-order chi connectivity index (χ0) is 5.86. The first-order chi connectivity index (χ1) is 3.13. The molecule has 0 spiro atoms. The van der Waals surface area contributed by atoms with Crippen molar-refractivity contribution in [3.63, 3.8) is 0 Å². The Labute approximate surface area is 58.8 Å². The zero-order valence-corrected chi connectivity index (χ0v) is 5.90. The third kappa shape index (κ3) is 9.28. The third-order valence-electron chi connectivity index (χ3n) is 0.498. The van der Waals surface area contributed by atoms with Crippen LogP contribution in [0.4, 0.5) is 0 Å². The van der Waals surface area contributed by atoms with Crippen molar-refractivity contribution in [2.45, 2.75) is 20.3 Å². The van der Waals surface area contributed by atoms with Gasteiger partial charge in [-0.2, -0.15) is 0 Å². The number of carbonyl (C=O) groups excluding carboxylic acids is 2. The maximum absolute atomic E-state index is 10.0. The second-order valence-electron chi connectivity index (χ2n) is 1.58. The van der Waals surface area contributed by atoms with Crippen LogP contribution in [0.5, 0.6) is 0 Å². The van der Waals surface area contributed by atoms with E-state index in [0.29, 0.717) is 0 Å². The maximum Gasteiger partial charge on any atom is 0.137 e. The van der Waals surface area contributed by atoms with Gasteiger partial charge in [0.15, 0.2) is 0 Å². The molecule has 0 amide bonds. The Morgan fingerprint density at radius 2 is 1.38 bits per heavy atom. The number of hydrogen-bond acceptors (Lipinski definition) is 2. The molecule has 0 atom stereocenters. The first-order valence-electron chi connectivity index (χ1n) is 2.12. The number of ketones is 2. The summed E-state index contributed by atoms with van der Waals surface area (Å²) < 4.78 is 0. The SMILES string of the molecule is CC(=O)CC(C)=O.[Co]. The summed E-state index contributed by atoms with van der Waals surface area (Å²) in [5.74, 6) is -0.125. The van der Waals surface area contributed by atoms with Crippen LogP contribution in [0.1, 0.15) is 20.3 Å². The first-order valence-corrected chi connectivity index (χ1v) is 2.12. The van der Waals surface area contributed by atoms with E-state index in [-0.39, 0.29) is 34.8 Å². The van der Waals surface area contributed by atoms with Gasteiger partial charge in [-0.05, 0) is 13.8 Å². The molecule has 0 saturated heterocycles. The van der Waals surface area contributed by atoms with Crippen LogP contribution in [0.25, 0.3) is 0 Å². The molecule has 8 heavy (non-hydrogen) atoms. The predicted octanol–water partition coefficient (Wildman–Crippen LogP) is 0.552. The van der Waals surface area contributed by atoms with E-state index in [1.807, 2.05) is 0 Å². The molecule has 0 aliphatic heterocycles. The van der Waals surface area contributed by atoms with Crippen LogP contribution in [-0.2, 0) is 26.4 Å². The van der Waals surface area contributed by atoms with Crippen LogP contribution in [0.15, 0.2) is 0 Å². The Morgan fingerprint density at radius 3 is 1.38 bits per heavy atom. The largest absolute Gasteiger partial charge is 0.300 e. The minimum absolute atomic E-state index is 0. The first kappa shape index (κ1) is 10.8. The molecule has 0 unspecified atom stereocenters. The van der Waals surface area contributed by atoms with Crippen molar-refractivity contribution in [3.8, 4) is 0 Å². The summed E-state index contributed by atoms with van der Waals surface area (Å²) in [6.45, 7) is 2.81. The minimum Gasteiger partial charge on any atom is -0.300 e. The van der Waals surface area contributed by atoms with E-state index in [9.17, 15) is 9.59 Å². The Balaban J connectivity index is 0. The molecule has 2 nitrogen and oxygen atoms in total. The van der Waals surface area contributed by atoms with Crippen LogP contribution in [0.3, 0.4) is 0 Å². The van der Waals surface area contributed by atoms with Crippen LogP contribution in [-0.4, -0.2) is 11.6 Å². The van der Waals surface area contributed by atoms with Gasteiger partial charge in [0.05, 0.1) is 6.42 Å². The van der Waals surface area contributed by atoms with E-state index in [2.05, 4.69) is 0 Å². The average Bonchev–Trinajstić information content (AvgIpc) is 1.27. The summed E-state index contributed by atoms with van der Waals surface area (Å²) in [5.41, 5.74) is 0. The van der Waals surface area contributed by atoms with Gasteiger partial charge in [-0.15, -0.1) is 0 Å². The summed E-state index contributed by atoms with van der Waals surface area (Å²) >= 11 is 0. The standard InChI is InChI=1S/C5H8O2.Co/c1-4(6)3-5(2)7;/h3H2,1-2H3;. The van der Waals surface area contributed by atoms with Crippen molar-refractivity contribution < 1.29 is 26.4 Å². The second-order valence-corrected chi connectivity index (χ2v) is 1.58. The number of rotatable bonds is 2. The topological polar surface area (TPSA) is 34.1 Å². The van der Waals surface area contributed by atoms with Crippen LogP contribution >= 0.6 is 0 Å². The molecule has 0 N–H and O–H groups in total. The van der Waals surface area contributed by atoms with Crippen molar-refractivity contribution in [1.82, 2.24) is 0 Å². The quantitative estimate of drug-likeness (QED) is 0.551. The number of hydrogen-bond donors (Lipinski definition) is 0. The summed E-state index contributed by atoms with van der Waals surface area (Å²) in [4.78, 5) is 20.1. The van der Waals surface area contributed by atoms with Gasteiger partial charge in [0, 0.05) is 16.8 Å². The molecular formula is C5H8CoO2.